The van der Waals surface area contributed by atoms with E-state index >= 15 is 0 Å². The highest BCUT2D eigenvalue weighted by atomic mass is 16.6. The summed E-state index contributed by atoms with van der Waals surface area (Å²) in [7, 11) is 1.31. The molecule has 0 aromatic heterocycles. The number of esters is 1. The SMILES string of the molecule is COC(=O)[C@@H]1CNCCN1C(=O)OCc1ccccc1. The molecule has 1 aliphatic rings. The Balaban J connectivity index is 1.94. The van der Waals surface area contributed by atoms with Crippen molar-refractivity contribution in [3.8, 4) is 0 Å². The summed E-state index contributed by atoms with van der Waals surface area (Å²) >= 11 is 0. The van der Waals surface area contributed by atoms with E-state index in [-0.39, 0.29) is 6.61 Å². The van der Waals surface area contributed by atoms with Crippen LogP contribution in [-0.2, 0) is 20.9 Å². The molecule has 108 valence electrons. The van der Waals surface area contributed by atoms with E-state index in [0.717, 1.165) is 5.56 Å². The molecular formula is C14H18N2O4. The van der Waals surface area contributed by atoms with Crippen LogP contribution in [0.15, 0.2) is 30.3 Å². The second-order valence-electron chi connectivity index (χ2n) is 4.48. The standard InChI is InChI=1S/C14H18N2O4/c1-19-13(17)12-9-15-7-8-16(12)14(18)20-10-11-5-3-2-4-6-11/h2-6,12,15H,7-10H2,1H3/t12-/m0/s1. The van der Waals surface area contributed by atoms with Crippen LogP contribution >= 0.6 is 0 Å². The lowest BCUT2D eigenvalue weighted by atomic mass is 10.2. The van der Waals surface area contributed by atoms with Crippen LogP contribution in [0.4, 0.5) is 4.79 Å². The molecule has 1 amide bonds. The van der Waals surface area contributed by atoms with Crippen molar-refractivity contribution >= 4 is 12.1 Å². The maximum Gasteiger partial charge on any atom is 0.410 e. The number of benzene rings is 1. The monoisotopic (exact) mass is 278 g/mol. The molecule has 0 radical (unpaired) electrons. The Morgan fingerprint density at radius 3 is 2.80 bits per heavy atom. The van der Waals surface area contributed by atoms with Gasteiger partial charge in [0.05, 0.1) is 7.11 Å². The van der Waals surface area contributed by atoms with Gasteiger partial charge in [0, 0.05) is 19.6 Å². The number of hydrogen-bond donors (Lipinski definition) is 1. The van der Waals surface area contributed by atoms with Gasteiger partial charge < -0.3 is 14.8 Å². The number of carbonyl (C=O) groups excluding carboxylic acids is 2. The minimum atomic E-state index is -0.628. The summed E-state index contributed by atoms with van der Waals surface area (Å²) in [6.07, 6.45) is -0.495. The zero-order chi connectivity index (χ0) is 14.4. The molecule has 1 fully saturated rings. The molecule has 0 bridgehead atoms. The van der Waals surface area contributed by atoms with E-state index in [1.807, 2.05) is 30.3 Å². The number of amides is 1. The second-order valence-corrected chi connectivity index (χ2v) is 4.48. The van der Waals surface area contributed by atoms with Crippen LogP contribution in [0.2, 0.25) is 0 Å². The Kier molecular flexibility index (Phi) is 4.95. The van der Waals surface area contributed by atoms with Crippen LogP contribution in [0.5, 0.6) is 0 Å². The van der Waals surface area contributed by atoms with Gasteiger partial charge in [-0.25, -0.2) is 9.59 Å². The van der Waals surface area contributed by atoms with Crippen molar-refractivity contribution in [3.05, 3.63) is 35.9 Å². The number of nitrogens with one attached hydrogen (secondary N) is 1. The van der Waals surface area contributed by atoms with E-state index in [2.05, 4.69) is 5.32 Å². The van der Waals surface area contributed by atoms with Crippen molar-refractivity contribution < 1.29 is 19.1 Å². The molecule has 2 rings (SSSR count). The zero-order valence-electron chi connectivity index (χ0n) is 11.4. The summed E-state index contributed by atoms with van der Waals surface area (Å²) in [4.78, 5) is 25.1. The van der Waals surface area contributed by atoms with E-state index in [1.54, 1.807) is 0 Å². The number of rotatable bonds is 3. The van der Waals surface area contributed by atoms with E-state index in [0.29, 0.717) is 19.6 Å². The smallest absolute Gasteiger partial charge is 0.410 e. The number of carbonyl (C=O) groups is 2. The maximum absolute atomic E-state index is 12.1. The second kappa shape index (κ2) is 6.91. The van der Waals surface area contributed by atoms with Gasteiger partial charge in [-0.05, 0) is 5.56 Å². The van der Waals surface area contributed by atoms with E-state index in [9.17, 15) is 9.59 Å². The molecule has 1 saturated heterocycles. The molecule has 6 nitrogen and oxygen atoms in total. The third-order valence-electron chi connectivity index (χ3n) is 3.16. The first kappa shape index (κ1) is 14.3. The van der Waals surface area contributed by atoms with Crippen LogP contribution < -0.4 is 5.32 Å². The molecule has 20 heavy (non-hydrogen) atoms. The van der Waals surface area contributed by atoms with E-state index in [1.165, 1.54) is 12.0 Å². The van der Waals surface area contributed by atoms with Crippen LogP contribution in [0.1, 0.15) is 5.56 Å². The van der Waals surface area contributed by atoms with Crippen LogP contribution in [0, 0.1) is 0 Å². The lowest BCUT2D eigenvalue weighted by molar-refractivity contribution is -0.147. The van der Waals surface area contributed by atoms with Crippen LogP contribution in [0.3, 0.4) is 0 Å². The first-order chi connectivity index (χ1) is 9.72. The van der Waals surface area contributed by atoms with Crippen molar-refractivity contribution in [1.82, 2.24) is 10.2 Å². The number of piperazine rings is 1. The highest BCUT2D eigenvalue weighted by Gasteiger charge is 2.33. The molecule has 0 spiro atoms. The van der Waals surface area contributed by atoms with Crippen molar-refractivity contribution in [3.63, 3.8) is 0 Å². The van der Waals surface area contributed by atoms with E-state index < -0.39 is 18.1 Å². The summed E-state index contributed by atoms with van der Waals surface area (Å²) in [6, 6.07) is 8.79. The number of nitrogens with zero attached hydrogens (tertiary/aromatic N) is 1. The molecule has 6 heteroatoms. The fourth-order valence-corrected chi connectivity index (χ4v) is 2.07. The predicted molar refractivity (Wildman–Crippen MR) is 72.0 cm³/mol. The normalized spacial score (nSPS) is 18.4. The van der Waals surface area contributed by atoms with Gasteiger partial charge >= 0.3 is 12.1 Å². The maximum atomic E-state index is 12.1. The van der Waals surface area contributed by atoms with Gasteiger partial charge in [0.25, 0.3) is 0 Å². The molecule has 0 saturated carbocycles. The van der Waals surface area contributed by atoms with Crippen molar-refractivity contribution in [2.75, 3.05) is 26.7 Å². The Bertz CT molecular complexity index is 464. The van der Waals surface area contributed by atoms with Crippen LogP contribution in [-0.4, -0.2) is 49.7 Å². The summed E-state index contributed by atoms with van der Waals surface area (Å²) in [5.41, 5.74) is 0.908. The minimum Gasteiger partial charge on any atom is -0.467 e. The largest absolute Gasteiger partial charge is 0.467 e. The topological polar surface area (TPSA) is 67.9 Å². The van der Waals surface area contributed by atoms with Gasteiger partial charge in [-0.2, -0.15) is 0 Å². The predicted octanol–water partition coefficient (Wildman–Crippen LogP) is 0.770. The van der Waals surface area contributed by atoms with Crippen molar-refractivity contribution in [2.45, 2.75) is 12.6 Å². The Morgan fingerprint density at radius 2 is 2.10 bits per heavy atom. The molecule has 1 aromatic rings. The number of ether oxygens (including phenoxy) is 2. The molecule has 1 aliphatic heterocycles. The molecule has 1 heterocycles. The first-order valence-corrected chi connectivity index (χ1v) is 6.48. The Morgan fingerprint density at radius 1 is 1.35 bits per heavy atom. The van der Waals surface area contributed by atoms with Crippen molar-refractivity contribution in [2.24, 2.45) is 0 Å². The highest BCUT2D eigenvalue weighted by molar-refractivity contribution is 5.81. The third kappa shape index (κ3) is 3.48. The summed E-state index contributed by atoms with van der Waals surface area (Å²) in [5.74, 6) is -0.436. The number of hydrogen-bond acceptors (Lipinski definition) is 5. The summed E-state index contributed by atoms with van der Waals surface area (Å²) in [5, 5.41) is 3.06. The average Bonchev–Trinajstić information content (AvgIpc) is 2.52. The molecule has 1 aromatic carbocycles. The lowest BCUT2D eigenvalue weighted by Crippen LogP contribution is -2.57. The highest BCUT2D eigenvalue weighted by Crippen LogP contribution is 2.09. The van der Waals surface area contributed by atoms with Crippen molar-refractivity contribution in [1.29, 1.82) is 0 Å². The quantitative estimate of drug-likeness (QED) is 0.827. The lowest BCUT2D eigenvalue weighted by Gasteiger charge is -2.33. The fourth-order valence-electron chi connectivity index (χ4n) is 2.07. The summed E-state index contributed by atoms with van der Waals surface area (Å²) in [6.45, 7) is 1.63. The first-order valence-electron chi connectivity index (χ1n) is 6.48. The molecular weight excluding hydrogens is 260 g/mol. The molecule has 0 aliphatic carbocycles. The van der Waals surface area contributed by atoms with Gasteiger partial charge in [0.1, 0.15) is 12.6 Å². The third-order valence-corrected chi connectivity index (χ3v) is 3.16. The Hall–Kier alpha value is -2.08. The van der Waals surface area contributed by atoms with Gasteiger partial charge in [0.2, 0.25) is 0 Å². The van der Waals surface area contributed by atoms with E-state index in [4.69, 9.17) is 9.47 Å². The molecule has 0 unspecified atom stereocenters. The average molecular weight is 278 g/mol. The van der Waals surface area contributed by atoms with Gasteiger partial charge in [-0.1, -0.05) is 30.3 Å². The molecule has 1 atom stereocenters. The van der Waals surface area contributed by atoms with Gasteiger partial charge in [-0.3, -0.25) is 4.90 Å². The van der Waals surface area contributed by atoms with Gasteiger partial charge in [0.15, 0.2) is 0 Å². The van der Waals surface area contributed by atoms with Crippen LogP contribution in [0.25, 0.3) is 0 Å². The molecule has 1 N–H and O–H groups in total. The fraction of sp³-hybridized carbons (Fsp3) is 0.429. The summed E-state index contributed by atoms with van der Waals surface area (Å²) < 4.78 is 9.95. The Labute approximate surface area is 117 Å². The minimum absolute atomic E-state index is 0.192. The van der Waals surface area contributed by atoms with Gasteiger partial charge in [-0.15, -0.1) is 0 Å². The zero-order valence-corrected chi connectivity index (χ0v) is 11.4. The number of methoxy groups -OCH3 is 1.